The van der Waals surface area contributed by atoms with Crippen molar-refractivity contribution in [2.24, 2.45) is 0 Å². The minimum Gasteiger partial charge on any atom is -0.478 e. The second-order valence-corrected chi connectivity index (χ2v) is 6.57. The lowest BCUT2D eigenvalue weighted by atomic mass is 10.2. The van der Waals surface area contributed by atoms with Crippen molar-refractivity contribution in [3.05, 3.63) is 29.6 Å². The zero-order valence-electron chi connectivity index (χ0n) is 10.2. The molecule has 2 heterocycles. The Morgan fingerprint density at radius 3 is 3.00 bits per heavy atom. The maximum absolute atomic E-state index is 11.9. The standard InChI is InChI=1S/C12H14N2O3S2/c15-11(14-6-9-7-18-3-4-19-9)10-5-8(12(16)17)1-2-13-10/h1-2,5,9H,3-4,6-7H2,(H,14,15)(H,16,17). The van der Waals surface area contributed by atoms with Crippen LogP contribution in [0.25, 0.3) is 0 Å². The van der Waals surface area contributed by atoms with Crippen LogP contribution >= 0.6 is 23.5 Å². The molecule has 2 rings (SSSR count). The van der Waals surface area contributed by atoms with Gasteiger partial charge in [-0.1, -0.05) is 0 Å². The first kappa shape index (κ1) is 14.2. The van der Waals surface area contributed by atoms with E-state index in [0.29, 0.717) is 11.8 Å². The fraction of sp³-hybridized carbons (Fsp3) is 0.417. The van der Waals surface area contributed by atoms with E-state index in [-0.39, 0.29) is 17.2 Å². The second kappa shape index (κ2) is 6.81. The Hall–Kier alpha value is -1.21. The molecular weight excluding hydrogens is 284 g/mol. The summed E-state index contributed by atoms with van der Waals surface area (Å²) in [5, 5.41) is 12.1. The lowest BCUT2D eigenvalue weighted by Gasteiger charge is -2.20. The van der Waals surface area contributed by atoms with Crippen LogP contribution in [0.4, 0.5) is 0 Å². The number of thioether (sulfide) groups is 2. The summed E-state index contributed by atoms with van der Waals surface area (Å²) < 4.78 is 0. The van der Waals surface area contributed by atoms with Crippen LogP contribution in [0, 0.1) is 0 Å². The van der Waals surface area contributed by atoms with Crippen molar-refractivity contribution in [2.45, 2.75) is 5.25 Å². The molecule has 1 saturated heterocycles. The quantitative estimate of drug-likeness (QED) is 0.874. The third-order valence-corrected chi connectivity index (χ3v) is 5.46. The molecule has 5 nitrogen and oxygen atoms in total. The summed E-state index contributed by atoms with van der Waals surface area (Å²) in [5.74, 6) is 1.93. The molecule has 2 N–H and O–H groups in total. The summed E-state index contributed by atoms with van der Waals surface area (Å²) in [6.45, 7) is 0.593. The summed E-state index contributed by atoms with van der Waals surface area (Å²) in [6, 6.07) is 2.66. The van der Waals surface area contributed by atoms with E-state index < -0.39 is 5.97 Å². The number of aromatic nitrogens is 1. The van der Waals surface area contributed by atoms with Gasteiger partial charge >= 0.3 is 5.97 Å². The molecule has 1 aromatic heterocycles. The minimum absolute atomic E-state index is 0.0720. The third-order valence-electron chi connectivity index (χ3n) is 2.61. The van der Waals surface area contributed by atoms with Crippen molar-refractivity contribution in [3.8, 4) is 0 Å². The number of carboxylic acids is 1. The van der Waals surface area contributed by atoms with Gasteiger partial charge in [0.15, 0.2) is 0 Å². The first-order chi connectivity index (χ1) is 9.16. The minimum atomic E-state index is -1.06. The topological polar surface area (TPSA) is 79.3 Å². The highest BCUT2D eigenvalue weighted by Gasteiger charge is 2.16. The van der Waals surface area contributed by atoms with Crippen LogP contribution in [0.1, 0.15) is 20.8 Å². The maximum atomic E-state index is 11.9. The summed E-state index contributed by atoms with van der Waals surface area (Å²) in [5.41, 5.74) is 0.219. The van der Waals surface area contributed by atoms with Crippen LogP contribution in [0.3, 0.4) is 0 Å². The molecule has 0 bridgehead atoms. The fourth-order valence-corrected chi connectivity index (χ4v) is 4.25. The number of amides is 1. The van der Waals surface area contributed by atoms with Crippen LogP contribution in [0.15, 0.2) is 18.3 Å². The van der Waals surface area contributed by atoms with E-state index >= 15 is 0 Å². The van der Waals surface area contributed by atoms with E-state index in [4.69, 9.17) is 5.11 Å². The van der Waals surface area contributed by atoms with Gasteiger partial charge in [0.05, 0.1) is 5.56 Å². The van der Waals surface area contributed by atoms with E-state index in [9.17, 15) is 9.59 Å². The van der Waals surface area contributed by atoms with E-state index in [1.807, 2.05) is 23.5 Å². The van der Waals surface area contributed by atoms with Crippen molar-refractivity contribution in [2.75, 3.05) is 23.8 Å². The smallest absolute Gasteiger partial charge is 0.335 e. The van der Waals surface area contributed by atoms with Gasteiger partial charge in [-0.3, -0.25) is 9.78 Å². The summed E-state index contributed by atoms with van der Waals surface area (Å²) in [4.78, 5) is 26.6. The highest BCUT2D eigenvalue weighted by molar-refractivity contribution is 8.06. The Morgan fingerprint density at radius 1 is 1.47 bits per heavy atom. The van der Waals surface area contributed by atoms with Gasteiger partial charge in [0.2, 0.25) is 0 Å². The molecule has 0 radical (unpaired) electrons. The first-order valence-corrected chi connectivity index (χ1v) is 8.04. The van der Waals surface area contributed by atoms with Crippen LogP contribution in [0.2, 0.25) is 0 Å². The Bertz CT molecular complexity index is 476. The average Bonchev–Trinajstić information content (AvgIpc) is 2.46. The molecule has 0 aliphatic carbocycles. The number of nitrogens with zero attached hydrogens (tertiary/aromatic N) is 1. The Morgan fingerprint density at radius 2 is 2.32 bits per heavy atom. The van der Waals surface area contributed by atoms with Crippen molar-refractivity contribution in [3.63, 3.8) is 0 Å². The van der Waals surface area contributed by atoms with E-state index in [0.717, 1.165) is 17.3 Å². The number of hydrogen-bond acceptors (Lipinski definition) is 5. The molecule has 0 saturated carbocycles. The van der Waals surface area contributed by atoms with Crippen molar-refractivity contribution < 1.29 is 14.7 Å². The van der Waals surface area contributed by atoms with Crippen molar-refractivity contribution in [1.82, 2.24) is 10.3 Å². The SMILES string of the molecule is O=C(O)c1ccnc(C(=O)NCC2CSCCS2)c1. The van der Waals surface area contributed by atoms with Crippen molar-refractivity contribution >= 4 is 35.4 Å². The number of carboxylic acid groups (broad SMARTS) is 1. The molecule has 1 unspecified atom stereocenters. The molecule has 0 spiro atoms. The second-order valence-electron chi connectivity index (χ2n) is 4.01. The Kier molecular flexibility index (Phi) is 5.09. The van der Waals surface area contributed by atoms with Gasteiger partial charge in [-0.2, -0.15) is 23.5 Å². The molecule has 1 aromatic rings. The van der Waals surface area contributed by atoms with Crippen molar-refractivity contribution in [1.29, 1.82) is 0 Å². The third kappa shape index (κ3) is 4.14. The number of hydrogen-bond donors (Lipinski definition) is 2. The van der Waals surface area contributed by atoms with E-state index in [1.165, 1.54) is 18.3 Å². The van der Waals surface area contributed by atoms with Gasteiger partial charge in [-0.25, -0.2) is 4.79 Å². The number of rotatable bonds is 4. The van der Waals surface area contributed by atoms with Crippen LogP contribution in [-0.4, -0.2) is 51.0 Å². The molecule has 7 heteroatoms. The lowest BCUT2D eigenvalue weighted by molar-refractivity contribution is 0.0696. The molecule has 1 amide bonds. The predicted octanol–water partition coefficient (Wildman–Crippen LogP) is 1.36. The van der Waals surface area contributed by atoms with Gasteiger partial charge in [0.25, 0.3) is 5.91 Å². The maximum Gasteiger partial charge on any atom is 0.335 e. The summed E-state index contributed by atoms with van der Waals surface area (Å²) in [6.07, 6.45) is 1.34. The number of carbonyl (C=O) groups is 2. The number of nitrogens with one attached hydrogen (secondary N) is 1. The van der Waals surface area contributed by atoms with Gasteiger partial charge in [0.1, 0.15) is 5.69 Å². The molecule has 1 aliphatic heterocycles. The Labute approximate surface area is 119 Å². The summed E-state index contributed by atoms with van der Waals surface area (Å²) >= 11 is 3.75. The van der Waals surface area contributed by atoms with Gasteiger partial charge < -0.3 is 10.4 Å². The fourth-order valence-electron chi connectivity index (χ4n) is 1.64. The van der Waals surface area contributed by atoms with E-state index in [2.05, 4.69) is 10.3 Å². The van der Waals surface area contributed by atoms with Crippen LogP contribution < -0.4 is 5.32 Å². The van der Waals surface area contributed by atoms with Crippen LogP contribution in [0.5, 0.6) is 0 Å². The largest absolute Gasteiger partial charge is 0.478 e. The molecule has 102 valence electrons. The van der Waals surface area contributed by atoms with Crippen LogP contribution in [-0.2, 0) is 0 Å². The monoisotopic (exact) mass is 298 g/mol. The summed E-state index contributed by atoms with van der Waals surface area (Å²) in [7, 11) is 0. The Balaban J connectivity index is 1.92. The zero-order chi connectivity index (χ0) is 13.7. The average molecular weight is 298 g/mol. The molecule has 1 aliphatic rings. The predicted molar refractivity (Wildman–Crippen MR) is 77.1 cm³/mol. The molecule has 1 fully saturated rings. The highest BCUT2D eigenvalue weighted by Crippen LogP contribution is 2.23. The molecule has 19 heavy (non-hydrogen) atoms. The van der Waals surface area contributed by atoms with Gasteiger partial charge in [-0.05, 0) is 12.1 Å². The number of aromatic carboxylic acids is 1. The molecule has 1 atom stereocenters. The normalized spacial score (nSPS) is 18.8. The molecular formula is C12H14N2O3S2. The number of pyridine rings is 1. The zero-order valence-corrected chi connectivity index (χ0v) is 11.8. The molecule has 0 aromatic carbocycles. The highest BCUT2D eigenvalue weighted by atomic mass is 32.2. The van der Waals surface area contributed by atoms with E-state index in [1.54, 1.807) is 0 Å². The van der Waals surface area contributed by atoms with Gasteiger partial charge in [-0.15, -0.1) is 0 Å². The van der Waals surface area contributed by atoms with Gasteiger partial charge in [0, 0.05) is 35.3 Å². The number of carbonyl (C=O) groups excluding carboxylic acids is 1. The lowest BCUT2D eigenvalue weighted by Crippen LogP contribution is -2.33. The first-order valence-electron chi connectivity index (χ1n) is 5.83.